The molecular formula is C100H60N12. The van der Waals surface area contributed by atoms with E-state index < -0.39 is 0 Å². The van der Waals surface area contributed by atoms with Crippen LogP contribution in [-0.2, 0) is 0 Å². The summed E-state index contributed by atoms with van der Waals surface area (Å²) in [6.45, 7) is 0. The first-order valence-electron chi connectivity index (χ1n) is 37.2. The highest BCUT2D eigenvalue weighted by atomic mass is 14.8. The van der Waals surface area contributed by atoms with Crippen molar-refractivity contribution >= 4 is 109 Å². The molecule has 0 saturated heterocycles. The van der Waals surface area contributed by atoms with E-state index in [-0.39, 0.29) is 0 Å². The zero-order chi connectivity index (χ0) is 74.0. The van der Waals surface area contributed by atoms with Gasteiger partial charge in [-0.25, -0.2) is 44.9 Å². The number of aromatic nitrogens is 12. The normalized spacial score (nSPS) is 11.6. The highest BCUT2D eigenvalue weighted by molar-refractivity contribution is 6.07. The summed E-state index contributed by atoms with van der Waals surface area (Å²) in [5, 5.41) is 10.6. The van der Waals surface area contributed by atoms with E-state index in [0.29, 0.717) is 0 Å². The Balaban J connectivity index is 0.000000143. The van der Waals surface area contributed by atoms with Crippen molar-refractivity contribution in [1.82, 2.24) is 59.8 Å². The van der Waals surface area contributed by atoms with Gasteiger partial charge < -0.3 is 0 Å². The lowest BCUT2D eigenvalue weighted by Gasteiger charge is -2.11. The molecule has 12 aromatic heterocycles. The smallest absolute Gasteiger partial charge is 0.0973 e. The molecular weight excluding hydrogens is 1370 g/mol. The molecule has 0 amide bonds. The van der Waals surface area contributed by atoms with Gasteiger partial charge in [-0.1, -0.05) is 218 Å². The standard InChI is InChI=1S/C54H32N6.C46H28N6/c1-3-7-33(8-4-1)43-26-21-37-13-14-39-23-28-46(59-52(39)51(37)57-43)42-18-12-35-19-25-45(55-49(35)32-42)41-17-11-36-20-29-47(56-50(36)31-41)48-30-24-40-16-15-38-22-27-44(34-9-5-2-6-10-34)58-53(38)54(40)60-48;1-3-21-47-38(7-1)36-24-35(25-37(26-36)39-8-2-4-22-48-39)33-13-9-29-15-18-40(50-43(29)27-33)34-14-10-30-16-19-41(51-44(30)28-34)42-20-17-32-12-11-31-6-5-23-49-45(31)46(32)52-42/h1-32H;1-28H. The van der Waals surface area contributed by atoms with Crippen LogP contribution in [0.1, 0.15) is 0 Å². The molecule has 0 aliphatic heterocycles. The molecule has 22 aromatic rings. The van der Waals surface area contributed by atoms with Crippen molar-refractivity contribution in [2.24, 2.45) is 0 Å². The summed E-state index contributed by atoms with van der Waals surface area (Å²) < 4.78 is 0. The Morgan fingerprint density at radius 1 is 0.125 bits per heavy atom. The van der Waals surface area contributed by atoms with Crippen LogP contribution in [0.2, 0.25) is 0 Å². The first-order valence-corrected chi connectivity index (χ1v) is 37.2. The summed E-state index contributed by atoms with van der Waals surface area (Å²) in [6, 6.07) is 119. The quantitative estimate of drug-likeness (QED) is 0.120. The monoisotopic (exact) mass is 1430 g/mol. The lowest BCUT2D eigenvalue weighted by molar-refractivity contribution is 1.31. The number of nitrogens with zero attached hydrogens (tertiary/aromatic N) is 12. The van der Waals surface area contributed by atoms with E-state index >= 15 is 0 Å². The molecule has 0 saturated carbocycles. The van der Waals surface area contributed by atoms with E-state index in [0.717, 1.165) is 222 Å². The summed E-state index contributed by atoms with van der Waals surface area (Å²) in [5.41, 5.74) is 27.8. The van der Waals surface area contributed by atoms with Crippen molar-refractivity contribution in [2.75, 3.05) is 0 Å². The largest absolute Gasteiger partial charge is 0.256 e. The Morgan fingerprint density at radius 3 is 0.786 bits per heavy atom. The van der Waals surface area contributed by atoms with Crippen molar-refractivity contribution in [2.45, 2.75) is 0 Å². The van der Waals surface area contributed by atoms with Gasteiger partial charge in [0.15, 0.2) is 0 Å². The Hall–Kier alpha value is -15.4. The van der Waals surface area contributed by atoms with E-state index in [1.807, 2.05) is 122 Å². The van der Waals surface area contributed by atoms with Crippen LogP contribution in [-0.4, -0.2) is 59.8 Å². The molecule has 0 bridgehead atoms. The second-order valence-electron chi connectivity index (χ2n) is 28.0. The van der Waals surface area contributed by atoms with Crippen molar-refractivity contribution in [3.8, 4) is 113 Å². The maximum Gasteiger partial charge on any atom is 0.0973 e. The fourth-order valence-corrected chi connectivity index (χ4v) is 15.1. The zero-order valence-corrected chi connectivity index (χ0v) is 60.0. The molecule has 10 aromatic carbocycles. The molecule has 12 nitrogen and oxygen atoms in total. The van der Waals surface area contributed by atoms with Gasteiger partial charge in [-0.05, 0) is 139 Å². The van der Waals surface area contributed by atoms with Crippen LogP contribution < -0.4 is 0 Å². The molecule has 0 fully saturated rings. The average molecular weight is 1430 g/mol. The van der Waals surface area contributed by atoms with Crippen molar-refractivity contribution in [3.05, 3.63) is 364 Å². The van der Waals surface area contributed by atoms with Crippen molar-refractivity contribution in [3.63, 3.8) is 0 Å². The summed E-state index contributed by atoms with van der Waals surface area (Å²) >= 11 is 0. The fraction of sp³-hybridized carbons (Fsp3) is 0. The molecule has 112 heavy (non-hydrogen) atoms. The first-order chi connectivity index (χ1) is 55.4. The Labute approximate surface area is 642 Å². The number of fused-ring (bicyclic) bond motifs is 13. The van der Waals surface area contributed by atoms with E-state index in [2.05, 4.69) is 258 Å². The van der Waals surface area contributed by atoms with Gasteiger partial charge in [0.1, 0.15) is 0 Å². The molecule has 0 N–H and O–H groups in total. The number of hydrogen-bond acceptors (Lipinski definition) is 12. The first kappa shape index (κ1) is 64.9. The summed E-state index contributed by atoms with van der Waals surface area (Å²) in [6.07, 6.45) is 5.47. The third-order valence-corrected chi connectivity index (χ3v) is 21.0. The van der Waals surface area contributed by atoms with Gasteiger partial charge in [0.2, 0.25) is 0 Å². The minimum Gasteiger partial charge on any atom is -0.256 e. The Morgan fingerprint density at radius 2 is 0.393 bits per heavy atom. The van der Waals surface area contributed by atoms with Gasteiger partial charge in [0.05, 0.1) is 118 Å². The minimum atomic E-state index is 0.799. The average Bonchev–Trinajstić information content (AvgIpc) is 0.757. The molecule has 12 heteroatoms. The maximum absolute atomic E-state index is 5.20. The number of benzene rings is 10. The molecule has 0 unspecified atom stereocenters. The van der Waals surface area contributed by atoms with Crippen LogP contribution in [0.4, 0.5) is 0 Å². The third kappa shape index (κ3) is 12.3. The highest BCUT2D eigenvalue weighted by Gasteiger charge is 2.18. The number of pyridine rings is 12. The van der Waals surface area contributed by atoms with Crippen LogP contribution >= 0.6 is 0 Å². The second-order valence-corrected chi connectivity index (χ2v) is 28.0. The molecule has 0 atom stereocenters. The molecule has 0 radical (unpaired) electrons. The van der Waals surface area contributed by atoms with Crippen LogP contribution in [0.3, 0.4) is 0 Å². The molecule has 0 aliphatic rings. The lowest BCUT2D eigenvalue weighted by atomic mass is 9.96. The summed E-state index contributed by atoms with van der Waals surface area (Å²) in [5.74, 6) is 0. The van der Waals surface area contributed by atoms with Crippen LogP contribution in [0.25, 0.3) is 222 Å². The maximum atomic E-state index is 5.20. The number of hydrogen-bond donors (Lipinski definition) is 0. The fourth-order valence-electron chi connectivity index (χ4n) is 15.1. The molecule has 0 aliphatic carbocycles. The van der Waals surface area contributed by atoms with E-state index in [1.54, 1.807) is 0 Å². The van der Waals surface area contributed by atoms with Crippen LogP contribution in [0.15, 0.2) is 364 Å². The van der Waals surface area contributed by atoms with Gasteiger partial charge in [-0.2, -0.15) is 0 Å². The molecule has 12 heterocycles. The van der Waals surface area contributed by atoms with Crippen molar-refractivity contribution in [1.29, 1.82) is 0 Å². The molecule has 0 spiro atoms. The van der Waals surface area contributed by atoms with Gasteiger partial charge in [0.25, 0.3) is 0 Å². The highest BCUT2D eigenvalue weighted by Crippen LogP contribution is 2.38. The topological polar surface area (TPSA) is 155 Å². The van der Waals surface area contributed by atoms with Crippen molar-refractivity contribution < 1.29 is 0 Å². The van der Waals surface area contributed by atoms with Crippen LogP contribution in [0.5, 0.6) is 0 Å². The van der Waals surface area contributed by atoms with Gasteiger partial charge in [-0.3, -0.25) is 15.0 Å². The Bertz CT molecular complexity index is 7210. The predicted molar refractivity (Wildman–Crippen MR) is 456 cm³/mol. The van der Waals surface area contributed by atoms with E-state index in [1.165, 1.54) is 0 Å². The molecule has 520 valence electrons. The SMILES string of the molecule is c1ccc(-c2cc(-c3ccc4ccc(-c5ccc6ccc(-c7ccc8ccc9cccnc9c8n7)nc6c5)nc4c3)cc(-c3ccccn3)c2)nc1.c1ccc(-c2ccc3ccc4ccc(-c5ccc6ccc(-c7ccc8ccc(-c9ccc%10ccc%11ccc(-c%12ccccc%12)nc%11c%10n9)nc8c7)nc6c5)nc4c3n2)cc1. The number of rotatable bonds is 10. The van der Waals surface area contributed by atoms with E-state index in [9.17, 15) is 0 Å². The lowest BCUT2D eigenvalue weighted by Crippen LogP contribution is -1.93. The van der Waals surface area contributed by atoms with Gasteiger partial charge in [0, 0.05) is 111 Å². The summed E-state index contributed by atoms with van der Waals surface area (Å²) in [4.78, 5) is 60.1. The Kier molecular flexibility index (Phi) is 15.9. The molecule has 22 rings (SSSR count). The summed E-state index contributed by atoms with van der Waals surface area (Å²) in [7, 11) is 0. The second kappa shape index (κ2) is 27.4. The zero-order valence-electron chi connectivity index (χ0n) is 60.0. The third-order valence-electron chi connectivity index (χ3n) is 21.0. The van der Waals surface area contributed by atoms with Gasteiger partial charge >= 0.3 is 0 Å². The van der Waals surface area contributed by atoms with E-state index in [4.69, 9.17) is 44.9 Å². The minimum absolute atomic E-state index is 0.799. The predicted octanol–water partition coefficient (Wildman–Crippen LogP) is 24.3. The van der Waals surface area contributed by atoms with Crippen LogP contribution in [0, 0.1) is 0 Å². The van der Waals surface area contributed by atoms with Gasteiger partial charge in [-0.15, -0.1) is 0 Å².